The molecule has 0 aliphatic carbocycles. The third-order valence-corrected chi connectivity index (χ3v) is 4.74. The summed E-state index contributed by atoms with van der Waals surface area (Å²) in [5.74, 6) is 0.864. The minimum absolute atomic E-state index is 0.572. The highest BCUT2D eigenvalue weighted by molar-refractivity contribution is 5.93. The van der Waals surface area contributed by atoms with Gasteiger partial charge in [-0.3, -0.25) is 14.9 Å². The van der Waals surface area contributed by atoms with E-state index in [1.54, 1.807) is 25.7 Å². The molecule has 2 aromatic heterocycles. The second-order valence-corrected chi connectivity index (χ2v) is 6.12. The van der Waals surface area contributed by atoms with E-state index in [4.69, 9.17) is 4.98 Å². The van der Waals surface area contributed by atoms with Crippen LogP contribution in [0.25, 0.3) is 23.6 Å². The van der Waals surface area contributed by atoms with Crippen LogP contribution in [0.2, 0.25) is 0 Å². The van der Waals surface area contributed by atoms with Gasteiger partial charge in [0.2, 0.25) is 0 Å². The van der Waals surface area contributed by atoms with E-state index in [2.05, 4.69) is 33.7 Å². The normalized spacial score (nSPS) is 19.6. The van der Waals surface area contributed by atoms with Crippen LogP contribution in [0.4, 0.5) is 5.82 Å². The van der Waals surface area contributed by atoms with Gasteiger partial charge >= 0.3 is 0 Å². The van der Waals surface area contributed by atoms with Crippen molar-refractivity contribution in [2.24, 2.45) is 4.99 Å². The number of nitrogens with one attached hydrogen (secondary N) is 1. The lowest BCUT2D eigenvalue weighted by molar-refractivity contribution is 0.277. The Morgan fingerprint density at radius 3 is 3.17 bits per heavy atom. The smallest absolute Gasteiger partial charge is 0.134 e. The standard InChI is InChI=1S/C19H25N5/c1-4-24-11-5-6-15(24)12-22-19-17(7-9-20-3)14(2)16-8-10-21-13-18(16)23-19/h7-10,13,15H,2,4-6,11-12H2,1,3H3,(H,22,23)/b17-7+,20-9-. The summed E-state index contributed by atoms with van der Waals surface area (Å²) in [5, 5.41) is 6.54. The number of hydrogen-bond donors (Lipinski definition) is 1. The molecule has 1 fully saturated rings. The molecule has 1 saturated heterocycles. The Balaban J connectivity index is 1.98. The van der Waals surface area contributed by atoms with Crippen molar-refractivity contribution in [1.29, 1.82) is 0 Å². The molecule has 0 bridgehead atoms. The van der Waals surface area contributed by atoms with Gasteiger partial charge in [0, 0.05) is 42.7 Å². The highest BCUT2D eigenvalue weighted by Crippen LogP contribution is 2.16. The third-order valence-electron chi connectivity index (χ3n) is 4.74. The average molecular weight is 323 g/mol. The number of likely N-dealkylation sites (N-methyl/N-ethyl adjacent to an activating group) is 1. The highest BCUT2D eigenvalue weighted by atomic mass is 15.2. The van der Waals surface area contributed by atoms with Gasteiger partial charge in [-0.2, -0.15) is 0 Å². The molecule has 0 spiro atoms. The molecule has 0 aromatic carbocycles. The summed E-state index contributed by atoms with van der Waals surface area (Å²) in [6.07, 6.45) is 9.85. The van der Waals surface area contributed by atoms with Gasteiger partial charge in [0.1, 0.15) is 5.82 Å². The fraction of sp³-hybridized carbons (Fsp3) is 0.421. The molecule has 24 heavy (non-hydrogen) atoms. The number of nitrogens with zero attached hydrogens (tertiary/aromatic N) is 4. The molecular weight excluding hydrogens is 298 g/mol. The van der Waals surface area contributed by atoms with E-state index < -0.39 is 0 Å². The highest BCUT2D eigenvalue weighted by Gasteiger charge is 2.22. The van der Waals surface area contributed by atoms with Gasteiger partial charge in [-0.25, -0.2) is 4.98 Å². The summed E-state index contributed by atoms with van der Waals surface area (Å²) >= 11 is 0. The minimum Gasteiger partial charge on any atom is -0.368 e. The monoisotopic (exact) mass is 323 g/mol. The zero-order valence-electron chi connectivity index (χ0n) is 14.5. The predicted molar refractivity (Wildman–Crippen MR) is 102 cm³/mol. The summed E-state index contributed by atoms with van der Waals surface area (Å²) in [7, 11) is 1.77. The Bertz CT molecular complexity index is 843. The lowest BCUT2D eigenvalue weighted by Crippen LogP contribution is -2.37. The number of aliphatic imine (C=N–C) groups is 1. The van der Waals surface area contributed by atoms with E-state index in [-0.39, 0.29) is 0 Å². The fourth-order valence-corrected chi connectivity index (χ4v) is 3.42. The Morgan fingerprint density at radius 1 is 1.50 bits per heavy atom. The maximum atomic E-state index is 4.78. The Hall–Kier alpha value is -2.27. The van der Waals surface area contributed by atoms with E-state index in [1.165, 1.54) is 19.4 Å². The molecule has 0 radical (unpaired) electrons. The van der Waals surface area contributed by atoms with Crippen LogP contribution in [0, 0.1) is 0 Å². The molecule has 1 unspecified atom stereocenters. The lowest BCUT2D eigenvalue weighted by atomic mass is 10.1. The molecule has 1 atom stereocenters. The third kappa shape index (κ3) is 3.31. The zero-order chi connectivity index (χ0) is 16.9. The van der Waals surface area contributed by atoms with Crippen LogP contribution in [0.1, 0.15) is 19.8 Å². The second-order valence-electron chi connectivity index (χ2n) is 6.12. The molecule has 1 aliphatic heterocycles. The van der Waals surface area contributed by atoms with Gasteiger partial charge in [0.25, 0.3) is 0 Å². The van der Waals surface area contributed by atoms with E-state index in [0.717, 1.165) is 40.2 Å². The predicted octanol–water partition coefficient (Wildman–Crippen LogP) is 1.42. The first-order valence-electron chi connectivity index (χ1n) is 8.57. The van der Waals surface area contributed by atoms with Crippen molar-refractivity contribution in [1.82, 2.24) is 14.9 Å². The van der Waals surface area contributed by atoms with Crippen molar-refractivity contribution in [2.75, 3.05) is 32.0 Å². The number of pyridine rings is 2. The van der Waals surface area contributed by atoms with Crippen LogP contribution in [0.5, 0.6) is 0 Å². The van der Waals surface area contributed by atoms with Crippen molar-refractivity contribution in [3.05, 3.63) is 28.9 Å². The Labute approximate surface area is 142 Å². The van der Waals surface area contributed by atoms with Gasteiger partial charge in [0.05, 0.1) is 11.7 Å². The van der Waals surface area contributed by atoms with Crippen molar-refractivity contribution in [3.63, 3.8) is 0 Å². The lowest BCUT2D eigenvalue weighted by Gasteiger charge is -2.23. The summed E-state index contributed by atoms with van der Waals surface area (Å²) in [6, 6.07) is 2.53. The van der Waals surface area contributed by atoms with Crippen LogP contribution < -0.4 is 15.8 Å². The van der Waals surface area contributed by atoms with E-state index in [0.29, 0.717) is 6.04 Å². The number of likely N-dealkylation sites (tertiary alicyclic amines) is 1. The van der Waals surface area contributed by atoms with Crippen LogP contribution >= 0.6 is 0 Å². The molecular formula is C19H25N5. The fourth-order valence-electron chi connectivity index (χ4n) is 3.42. The van der Waals surface area contributed by atoms with Crippen molar-refractivity contribution >= 4 is 35.6 Å². The molecule has 0 saturated carbocycles. The Morgan fingerprint density at radius 2 is 2.38 bits per heavy atom. The maximum absolute atomic E-state index is 4.78. The second kappa shape index (κ2) is 7.53. The van der Waals surface area contributed by atoms with Gasteiger partial charge in [-0.1, -0.05) is 13.5 Å². The molecule has 5 nitrogen and oxygen atoms in total. The van der Waals surface area contributed by atoms with Gasteiger partial charge < -0.3 is 5.32 Å². The van der Waals surface area contributed by atoms with Gasteiger partial charge in [-0.15, -0.1) is 0 Å². The first-order chi connectivity index (χ1) is 11.7. The summed E-state index contributed by atoms with van der Waals surface area (Å²) in [5.41, 5.74) is 0.870. The SMILES string of the molecule is C=c1/c(=C\C=N/C)c(NCC2CCCN2CC)nc2cnccc12. The molecule has 1 N–H and O–H groups in total. The number of hydrogen-bond acceptors (Lipinski definition) is 5. The van der Waals surface area contributed by atoms with Crippen molar-refractivity contribution in [2.45, 2.75) is 25.8 Å². The summed E-state index contributed by atoms with van der Waals surface area (Å²) < 4.78 is 0. The van der Waals surface area contributed by atoms with E-state index in [9.17, 15) is 0 Å². The van der Waals surface area contributed by atoms with Gasteiger partial charge in [0.15, 0.2) is 0 Å². The van der Waals surface area contributed by atoms with Crippen LogP contribution in [-0.2, 0) is 0 Å². The molecule has 1 aliphatic rings. The number of rotatable bonds is 5. The van der Waals surface area contributed by atoms with Crippen LogP contribution in [0.15, 0.2) is 23.5 Å². The summed E-state index contributed by atoms with van der Waals surface area (Å²) in [4.78, 5) is 15.6. The molecule has 126 valence electrons. The molecule has 3 rings (SSSR count). The average Bonchev–Trinajstić information content (AvgIpc) is 3.07. The first-order valence-corrected chi connectivity index (χ1v) is 8.57. The van der Waals surface area contributed by atoms with Crippen molar-refractivity contribution < 1.29 is 0 Å². The molecule has 5 heteroatoms. The van der Waals surface area contributed by atoms with Crippen LogP contribution in [0.3, 0.4) is 0 Å². The molecule has 3 heterocycles. The molecule has 0 amide bonds. The largest absolute Gasteiger partial charge is 0.368 e. The van der Waals surface area contributed by atoms with Crippen LogP contribution in [-0.4, -0.2) is 53.8 Å². The first kappa shape index (κ1) is 16.6. The zero-order valence-corrected chi connectivity index (χ0v) is 14.5. The number of anilines is 1. The summed E-state index contributed by atoms with van der Waals surface area (Å²) in [6.45, 7) is 9.68. The Kier molecular flexibility index (Phi) is 5.20. The van der Waals surface area contributed by atoms with Gasteiger partial charge in [-0.05, 0) is 43.3 Å². The van der Waals surface area contributed by atoms with E-state index in [1.807, 2.05) is 12.1 Å². The minimum atomic E-state index is 0.572. The topological polar surface area (TPSA) is 53.4 Å². The maximum Gasteiger partial charge on any atom is 0.134 e. The quantitative estimate of drug-likeness (QED) is 0.846. The van der Waals surface area contributed by atoms with E-state index >= 15 is 0 Å². The molecule has 2 aromatic rings. The van der Waals surface area contributed by atoms with Crippen molar-refractivity contribution in [3.8, 4) is 0 Å². The number of fused-ring (bicyclic) bond motifs is 1. The number of aromatic nitrogens is 2.